The number of ether oxygens (including phenoxy) is 2. The Morgan fingerprint density at radius 2 is 2.04 bits per heavy atom. The number of esters is 1. The van der Waals surface area contributed by atoms with E-state index in [9.17, 15) is 9.59 Å². The summed E-state index contributed by atoms with van der Waals surface area (Å²) >= 11 is 0. The van der Waals surface area contributed by atoms with Gasteiger partial charge >= 0.3 is 12.1 Å². The third-order valence-electron chi connectivity index (χ3n) is 4.79. The molecular weight excluding hydrogens is 358 g/mol. The van der Waals surface area contributed by atoms with Gasteiger partial charge in [-0.3, -0.25) is 0 Å². The topological polar surface area (TPSA) is 72.0 Å². The average molecular weight is 387 g/mol. The van der Waals surface area contributed by atoms with E-state index in [0.717, 1.165) is 17.8 Å². The number of rotatable bonds is 3. The predicted octanol–water partition coefficient (Wildman–Crippen LogP) is 3.03. The number of hydrogen-bond donors (Lipinski definition) is 0. The molecule has 0 aromatic carbocycles. The van der Waals surface area contributed by atoms with Crippen molar-refractivity contribution in [2.75, 3.05) is 24.6 Å². The highest BCUT2D eigenvalue weighted by Crippen LogP contribution is 2.35. The van der Waals surface area contributed by atoms with Crippen LogP contribution in [-0.4, -0.2) is 59.3 Å². The number of pyridine rings is 1. The van der Waals surface area contributed by atoms with Gasteiger partial charge in [0.05, 0.1) is 18.3 Å². The zero-order valence-electron chi connectivity index (χ0n) is 17.3. The van der Waals surface area contributed by atoms with Gasteiger partial charge in [0.1, 0.15) is 11.4 Å². The summed E-state index contributed by atoms with van der Waals surface area (Å²) in [7, 11) is 0. The summed E-state index contributed by atoms with van der Waals surface area (Å²) in [5.41, 5.74) is 1.38. The van der Waals surface area contributed by atoms with Gasteiger partial charge in [-0.2, -0.15) is 0 Å². The highest BCUT2D eigenvalue weighted by atomic mass is 16.6. The molecule has 1 amide bonds. The molecule has 152 valence electrons. The summed E-state index contributed by atoms with van der Waals surface area (Å²) in [5.74, 6) is 0.564. The molecule has 1 saturated heterocycles. The number of nitrogens with zero attached hydrogens (tertiary/aromatic N) is 3. The molecule has 0 unspecified atom stereocenters. The maximum Gasteiger partial charge on any atom is 0.410 e. The van der Waals surface area contributed by atoms with E-state index in [1.807, 2.05) is 26.8 Å². The lowest BCUT2D eigenvalue weighted by Crippen LogP contribution is -2.58. The molecule has 0 aliphatic carbocycles. The maximum absolute atomic E-state index is 12.5. The second-order valence-electron chi connectivity index (χ2n) is 8.30. The van der Waals surface area contributed by atoms with Gasteiger partial charge in [-0.15, -0.1) is 0 Å². The Labute approximate surface area is 166 Å². The lowest BCUT2D eigenvalue weighted by Gasteiger charge is -2.43. The Balaban J connectivity index is 1.74. The summed E-state index contributed by atoms with van der Waals surface area (Å²) in [6.45, 7) is 11.1. The SMILES string of the molecule is CCOC(=O)C=Cc1ccc2c(n1)N1[C@H](C2)CN(C(=O)OC(C)(C)C)C[C@H]1C. The van der Waals surface area contributed by atoms with Crippen molar-refractivity contribution in [2.45, 2.75) is 58.7 Å². The number of carbonyl (C=O) groups excluding carboxylic acids is 2. The van der Waals surface area contributed by atoms with Crippen molar-refractivity contribution < 1.29 is 19.1 Å². The fourth-order valence-electron chi connectivity index (χ4n) is 3.77. The Morgan fingerprint density at radius 3 is 2.71 bits per heavy atom. The molecule has 2 aliphatic heterocycles. The van der Waals surface area contributed by atoms with E-state index in [0.29, 0.717) is 25.4 Å². The van der Waals surface area contributed by atoms with E-state index in [2.05, 4.69) is 17.9 Å². The van der Waals surface area contributed by atoms with E-state index in [-0.39, 0.29) is 24.1 Å². The standard InChI is InChI=1S/C21H29N3O4/c1-6-27-18(25)10-9-16-8-7-15-11-17-13-23(20(26)28-21(3,4)5)12-14(2)24(17)19(15)22-16/h7-10,14,17H,6,11-13H2,1-5H3/t14-,17-/m1/s1. The molecule has 0 saturated carbocycles. The van der Waals surface area contributed by atoms with Gasteiger partial charge in [0.15, 0.2) is 0 Å². The van der Waals surface area contributed by atoms with E-state index >= 15 is 0 Å². The number of amides is 1. The van der Waals surface area contributed by atoms with Crippen LogP contribution in [0.25, 0.3) is 6.08 Å². The Hall–Kier alpha value is -2.57. The minimum absolute atomic E-state index is 0.129. The fraction of sp³-hybridized carbons (Fsp3) is 0.571. The minimum atomic E-state index is -0.502. The van der Waals surface area contributed by atoms with Crippen LogP contribution in [0.2, 0.25) is 0 Å². The largest absolute Gasteiger partial charge is 0.463 e. The van der Waals surface area contributed by atoms with Crippen molar-refractivity contribution in [3.05, 3.63) is 29.5 Å². The number of hydrogen-bond acceptors (Lipinski definition) is 6. The molecule has 7 nitrogen and oxygen atoms in total. The molecule has 2 aliphatic rings. The lowest BCUT2D eigenvalue weighted by molar-refractivity contribution is -0.137. The van der Waals surface area contributed by atoms with E-state index in [1.54, 1.807) is 17.9 Å². The summed E-state index contributed by atoms with van der Waals surface area (Å²) in [5, 5.41) is 0. The summed E-state index contributed by atoms with van der Waals surface area (Å²) in [6.07, 6.45) is 3.65. The number of carbonyl (C=O) groups is 2. The van der Waals surface area contributed by atoms with Crippen LogP contribution in [0.3, 0.4) is 0 Å². The van der Waals surface area contributed by atoms with Gasteiger partial charge in [-0.05, 0) is 58.7 Å². The lowest BCUT2D eigenvalue weighted by atomic mass is 10.1. The van der Waals surface area contributed by atoms with Crippen LogP contribution in [0.5, 0.6) is 0 Å². The smallest absolute Gasteiger partial charge is 0.410 e. The average Bonchev–Trinajstić information content (AvgIpc) is 2.97. The zero-order chi connectivity index (χ0) is 20.5. The van der Waals surface area contributed by atoms with Crippen LogP contribution in [0, 0.1) is 0 Å². The second-order valence-corrected chi connectivity index (χ2v) is 8.30. The Morgan fingerprint density at radius 1 is 1.29 bits per heavy atom. The fourth-order valence-corrected chi connectivity index (χ4v) is 3.77. The van der Waals surface area contributed by atoms with E-state index in [4.69, 9.17) is 14.5 Å². The number of aromatic nitrogens is 1. The maximum atomic E-state index is 12.5. The van der Waals surface area contributed by atoms with Crippen molar-refractivity contribution in [3.8, 4) is 0 Å². The first-order valence-electron chi connectivity index (χ1n) is 9.79. The van der Waals surface area contributed by atoms with Crippen LogP contribution in [-0.2, 0) is 20.7 Å². The van der Waals surface area contributed by atoms with Crippen LogP contribution in [0.4, 0.5) is 10.6 Å². The summed E-state index contributed by atoms with van der Waals surface area (Å²) < 4.78 is 10.5. The van der Waals surface area contributed by atoms with Crippen molar-refractivity contribution in [3.63, 3.8) is 0 Å². The summed E-state index contributed by atoms with van der Waals surface area (Å²) in [6, 6.07) is 4.27. The van der Waals surface area contributed by atoms with Crippen molar-refractivity contribution in [1.82, 2.24) is 9.88 Å². The highest BCUT2D eigenvalue weighted by Gasteiger charge is 2.41. The van der Waals surface area contributed by atoms with Crippen molar-refractivity contribution in [1.29, 1.82) is 0 Å². The van der Waals surface area contributed by atoms with E-state index in [1.165, 1.54) is 6.08 Å². The number of piperazine rings is 1. The van der Waals surface area contributed by atoms with Gasteiger partial charge in [-0.1, -0.05) is 6.07 Å². The van der Waals surface area contributed by atoms with Crippen LogP contribution in [0.1, 0.15) is 45.9 Å². The molecule has 3 heterocycles. The van der Waals surface area contributed by atoms with Crippen LogP contribution < -0.4 is 4.90 Å². The van der Waals surface area contributed by atoms with E-state index < -0.39 is 5.60 Å². The van der Waals surface area contributed by atoms with Gasteiger partial charge in [-0.25, -0.2) is 14.6 Å². The predicted molar refractivity (Wildman–Crippen MR) is 107 cm³/mol. The molecule has 0 radical (unpaired) electrons. The Kier molecular flexibility index (Phi) is 5.63. The molecule has 0 N–H and O–H groups in total. The molecule has 28 heavy (non-hydrogen) atoms. The first-order chi connectivity index (χ1) is 13.2. The third kappa shape index (κ3) is 4.46. The molecule has 3 rings (SSSR count). The monoisotopic (exact) mass is 387 g/mol. The Bertz CT molecular complexity index is 784. The number of anilines is 1. The normalized spacial score (nSPS) is 21.5. The molecule has 0 spiro atoms. The molecule has 0 bridgehead atoms. The highest BCUT2D eigenvalue weighted by molar-refractivity contribution is 5.86. The second kappa shape index (κ2) is 7.81. The van der Waals surface area contributed by atoms with Crippen LogP contribution in [0.15, 0.2) is 18.2 Å². The van der Waals surface area contributed by atoms with Crippen molar-refractivity contribution >= 4 is 24.0 Å². The first kappa shape index (κ1) is 20.2. The molecule has 7 heteroatoms. The van der Waals surface area contributed by atoms with Crippen molar-refractivity contribution in [2.24, 2.45) is 0 Å². The molecule has 1 aromatic heterocycles. The molecular formula is C21H29N3O4. The zero-order valence-corrected chi connectivity index (χ0v) is 17.3. The van der Waals surface area contributed by atoms with Gasteiger partial charge < -0.3 is 19.3 Å². The third-order valence-corrected chi connectivity index (χ3v) is 4.79. The van der Waals surface area contributed by atoms with Gasteiger partial charge in [0.2, 0.25) is 0 Å². The van der Waals surface area contributed by atoms with Gasteiger partial charge in [0.25, 0.3) is 0 Å². The number of fused-ring (bicyclic) bond motifs is 3. The quantitative estimate of drug-likeness (QED) is 0.586. The summed E-state index contributed by atoms with van der Waals surface area (Å²) in [4.78, 5) is 32.9. The molecule has 1 aromatic rings. The van der Waals surface area contributed by atoms with Crippen LogP contribution >= 0.6 is 0 Å². The first-order valence-corrected chi connectivity index (χ1v) is 9.79. The molecule has 2 atom stereocenters. The van der Waals surface area contributed by atoms with Gasteiger partial charge in [0, 0.05) is 25.2 Å². The molecule has 1 fully saturated rings. The minimum Gasteiger partial charge on any atom is -0.463 e.